The molecule has 3 rings (SSSR count). The van der Waals surface area contributed by atoms with Gasteiger partial charge in [-0.25, -0.2) is 4.39 Å². The Kier molecular flexibility index (Phi) is 5.92. The molecule has 8 heteroatoms. The van der Waals surface area contributed by atoms with Gasteiger partial charge in [0.1, 0.15) is 17.3 Å². The molecule has 0 atom stereocenters. The molecule has 0 saturated carbocycles. The van der Waals surface area contributed by atoms with E-state index in [1.54, 1.807) is 49.0 Å². The predicted octanol–water partition coefficient (Wildman–Crippen LogP) is 3.20. The smallest absolute Gasteiger partial charge is 0.244 e. The van der Waals surface area contributed by atoms with E-state index in [4.69, 9.17) is 4.42 Å². The number of rotatable bonds is 6. The zero-order valence-electron chi connectivity index (χ0n) is 16.3. The number of nitrogens with one attached hydrogen (secondary N) is 2. The minimum atomic E-state index is -0.455. The maximum atomic E-state index is 13.8. The van der Waals surface area contributed by atoms with Crippen molar-refractivity contribution in [2.45, 2.75) is 13.8 Å². The van der Waals surface area contributed by atoms with E-state index in [1.165, 1.54) is 18.2 Å². The van der Waals surface area contributed by atoms with Crippen LogP contribution in [0.25, 0.3) is 17.4 Å². The number of anilines is 1. The monoisotopic (exact) mass is 396 g/mol. The highest BCUT2D eigenvalue weighted by Crippen LogP contribution is 2.25. The van der Waals surface area contributed by atoms with Crippen molar-refractivity contribution < 1.29 is 18.4 Å². The molecule has 0 radical (unpaired) electrons. The van der Waals surface area contributed by atoms with E-state index in [1.807, 2.05) is 6.92 Å². The van der Waals surface area contributed by atoms with Crippen LogP contribution in [0.1, 0.15) is 17.1 Å². The molecule has 0 bridgehead atoms. The third kappa shape index (κ3) is 4.78. The van der Waals surface area contributed by atoms with Crippen molar-refractivity contribution in [2.75, 3.05) is 11.9 Å². The molecule has 0 aliphatic carbocycles. The van der Waals surface area contributed by atoms with Crippen molar-refractivity contribution in [1.82, 2.24) is 15.1 Å². The van der Waals surface area contributed by atoms with Gasteiger partial charge in [0.15, 0.2) is 0 Å². The molecule has 7 nitrogen and oxygen atoms in total. The first kappa shape index (κ1) is 20.1. The maximum absolute atomic E-state index is 13.8. The van der Waals surface area contributed by atoms with Crippen LogP contribution in [0, 0.1) is 19.7 Å². The van der Waals surface area contributed by atoms with Crippen molar-refractivity contribution >= 4 is 23.6 Å². The highest BCUT2D eigenvalue weighted by atomic mass is 19.1. The first-order chi connectivity index (χ1) is 13.8. The zero-order chi connectivity index (χ0) is 21.0. The van der Waals surface area contributed by atoms with E-state index in [0.29, 0.717) is 28.5 Å². The van der Waals surface area contributed by atoms with Crippen molar-refractivity contribution in [1.29, 1.82) is 0 Å². The van der Waals surface area contributed by atoms with Crippen LogP contribution >= 0.6 is 0 Å². The summed E-state index contributed by atoms with van der Waals surface area (Å²) in [6, 6.07) is 9.52. The second-order valence-corrected chi connectivity index (χ2v) is 6.45. The summed E-state index contributed by atoms with van der Waals surface area (Å²) < 4.78 is 21.0. The van der Waals surface area contributed by atoms with Gasteiger partial charge < -0.3 is 15.1 Å². The van der Waals surface area contributed by atoms with Gasteiger partial charge >= 0.3 is 0 Å². The van der Waals surface area contributed by atoms with Crippen molar-refractivity contribution in [3.8, 4) is 11.3 Å². The molecule has 0 saturated heterocycles. The number of furan rings is 1. The number of hydrogen-bond acceptors (Lipinski definition) is 4. The maximum Gasteiger partial charge on any atom is 0.244 e. The number of halogens is 1. The second kappa shape index (κ2) is 8.55. The van der Waals surface area contributed by atoms with E-state index in [9.17, 15) is 14.0 Å². The Labute approximate surface area is 167 Å². The SMILES string of the molecule is Cc1nn(C)c(C)c1NC(=O)CNC(=O)/C=C/c1ccc(-c2ccccc2F)o1. The Morgan fingerprint density at radius 2 is 1.97 bits per heavy atom. The third-order valence-corrected chi connectivity index (χ3v) is 4.36. The van der Waals surface area contributed by atoms with Crippen LogP contribution in [0.2, 0.25) is 0 Å². The number of benzene rings is 1. The average molecular weight is 396 g/mol. The fourth-order valence-electron chi connectivity index (χ4n) is 2.77. The van der Waals surface area contributed by atoms with Gasteiger partial charge in [-0.05, 0) is 44.2 Å². The molecule has 2 heterocycles. The number of aromatic nitrogens is 2. The van der Waals surface area contributed by atoms with E-state index in [2.05, 4.69) is 15.7 Å². The number of hydrogen-bond donors (Lipinski definition) is 2. The highest BCUT2D eigenvalue weighted by Gasteiger charge is 2.13. The van der Waals surface area contributed by atoms with E-state index >= 15 is 0 Å². The van der Waals surface area contributed by atoms with Crippen molar-refractivity contribution in [3.63, 3.8) is 0 Å². The molecule has 150 valence electrons. The van der Waals surface area contributed by atoms with Gasteiger partial charge in [-0.15, -0.1) is 0 Å². The normalized spacial score (nSPS) is 11.0. The first-order valence-corrected chi connectivity index (χ1v) is 8.96. The van der Waals surface area contributed by atoms with Gasteiger partial charge in [0.25, 0.3) is 0 Å². The quantitative estimate of drug-likeness (QED) is 0.626. The van der Waals surface area contributed by atoms with E-state index in [-0.39, 0.29) is 18.3 Å². The minimum Gasteiger partial charge on any atom is -0.457 e. The van der Waals surface area contributed by atoms with Crippen LogP contribution < -0.4 is 10.6 Å². The van der Waals surface area contributed by atoms with Crippen LogP contribution in [-0.2, 0) is 16.6 Å². The van der Waals surface area contributed by atoms with Crippen LogP contribution in [0.5, 0.6) is 0 Å². The molecule has 0 unspecified atom stereocenters. The number of aryl methyl sites for hydroxylation is 2. The molecule has 2 amide bonds. The van der Waals surface area contributed by atoms with Crippen LogP contribution in [0.15, 0.2) is 46.9 Å². The lowest BCUT2D eigenvalue weighted by molar-refractivity contribution is -0.121. The molecule has 0 spiro atoms. The predicted molar refractivity (Wildman–Crippen MR) is 107 cm³/mol. The molecule has 3 aromatic rings. The molecular formula is C21H21FN4O3. The summed E-state index contributed by atoms with van der Waals surface area (Å²) >= 11 is 0. The molecule has 1 aromatic carbocycles. The summed E-state index contributed by atoms with van der Waals surface area (Å²) in [4.78, 5) is 24.0. The summed E-state index contributed by atoms with van der Waals surface area (Å²) in [6.07, 6.45) is 2.70. The van der Waals surface area contributed by atoms with Gasteiger partial charge in [-0.1, -0.05) is 12.1 Å². The molecule has 0 aliphatic rings. The number of carbonyl (C=O) groups excluding carboxylic acids is 2. The lowest BCUT2D eigenvalue weighted by Crippen LogP contribution is -2.31. The van der Waals surface area contributed by atoms with E-state index in [0.717, 1.165) is 5.69 Å². The summed E-state index contributed by atoms with van der Waals surface area (Å²) in [5.74, 6) is -0.441. The molecule has 29 heavy (non-hydrogen) atoms. The van der Waals surface area contributed by atoms with Crippen molar-refractivity contribution in [3.05, 3.63) is 65.4 Å². The third-order valence-electron chi connectivity index (χ3n) is 4.36. The Balaban J connectivity index is 1.54. The number of carbonyl (C=O) groups is 2. The highest BCUT2D eigenvalue weighted by molar-refractivity contribution is 5.98. The lowest BCUT2D eigenvalue weighted by Gasteiger charge is -2.06. The van der Waals surface area contributed by atoms with Crippen LogP contribution in [0.3, 0.4) is 0 Å². The van der Waals surface area contributed by atoms with Gasteiger partial charge in [0.05, 0.1) is 29.2 Å². The number of nitrogens with zero attached hydrogens (tertiary/aromatic N) is 2. The second-order valence-electron chi connectivity index (χ2n) is 6.45. The summed E-state index contributed by atoms with van der Waals surface area (Å²) in [5.41, 5.74) is 2.51. The average Bonchev–Trinajstić information content (AvgIpc) is 3.25. The Morgan fingerprint density at radius 1 is 1.21 bits per heavy atom. The molecule has 2 aromatic heterocycles. The van der Waals surface area contributed by atoms with Gasteiger partial charge in [-0.3, -0.25) is 14.3 Å². The fraction of sp³-hybridized carbons (Fsp3) is 0.190. The summed E-state index contributed by atoms with van der Waals surface area (Å²) in [5, 5.41) is 9.46. The Bertz CT molecular complexity index is 1080. The summed E-state index contributed by atoms with van der Waals surface area (Å²) in [7, 11) is 1.79. The summed E-state index contributed by atoms with van der Waals surface area (Å²) in [6.45, 7) is 3.45. The lowest BCUT2D eigenvalue weighted by atomic mass is 10.1. The van der Waals surface area contributed by atoms with E-state index < -0.39 is 5.91 Å². The zero-order valence-corrected chi connectivity index (χ0v) is 16.3. The molecule has 0 fully saturated rings. The van der Waals surface area contributed by atoms with Crippen LogP contribution in [-0.4, -0.2) is 28.1 Å². The standard InChI is InChI=1S/C21H21FN4O3/c1-13-21(14(2)26(3)25-13)24-20(28)12-23-19(27)11-9-15-8-10-18(29-15)16-6-4-5-7-17(16)22/h4-11H,12H2,1-3H3,(H,23,27)(H,24,28)/b11-9+. The van der Waals surface area contributed by atoms with Gasteiger partial charge in [0.2, 0.25) is 11.8 Å². The molecule has 2 N–H and O–H groups in total. The number of amides is 2. The van der Waals surface area contributed by atoms with Gasteiger partial charge in [0, 0.05) is 13.1 Å². The van der Waals surface area contributed by atoms with Crippen LogP contribution in [0.4, 0.5) is 10.1 Å². The topological polar surface area (TPSA) is 89.2 Å². The Hall–Kier alpha value is -3.68. The molecular weight excluding hydrogens is 375 g/mol. The molecule has 0 aliphatic heterocycles. The van der Waals surface area contributed by atoms with Gasteiger partial charge in [-0.2, -0.15) is 5.10 Å². The largest absolute Gasteiger partial charge is 0.457 e. The Morgan fingerprint density at radius 3 is 2.66 bits per heavy atom. The first-order valence-electron chi connectivity index (χ1n) is 8.96. The fourth-order valence-corrected chi connectivity index (χ4v) is 2.77. The minimum absolute atomic E-state index is 0.185. The van der Waals surface area contributed by atoms with Crippen molar-refractivity contribution in [2.24, 2.45) is 7.05 Å².